The molecule has 6 nitrogen and oxygen atoms in total. The Morgan fingerprint density at radius 2 is 2.03 bits per heavy atom. The SMILES string of the molecule is CC(C)(C)OC(=O)NC1CCCN(c2nc3ccccc3n2Cc2c(F)cccc2Cl)C1. The third kappa shape index (κ3) is 4.99. The van der Waals surface area contributed by atoms with E-state index in [1.165, 1.54) is 6.07 Å². The van der Waals surface area contributed by atoms with E-state index >= 15 is 0 Å². The van der Waals surface area contributed by atoms with Crippen LogP contribution in [0.1, 0.15) is 39.2 Å². The molecule has 1 amide bonds. The number of nitrogens with one attached hydrogen (secondary N) is 1. The average Bonchev–Trinajstić information content (AvgIpc) is 3.08. The van der Waals surface area contributed by atoms with Gasteiger partial charge in [0, 0.05) is 29.7 Å². The number of halogens is 2. The maximum Gasteiger partial charge on any atom is 0.407 e. The quantitative estimate of drug-likeness (QED) is 0.571. The van der Waals surface area contributed by atoms with E-state index in [4.69, 9.17) is 21.3 Å². The topological polar surface area (TPSA) is 59.4 Å². The maximum atomic E-state index is 14.6. The molecule has 1 N–H and O–H groups in total. The summed E-state index contributed by atoms with van der Waals surface area (Å²) in [4.78, 5) is 19.2. The first-order valence-electron chi connectivity index (χ1n) is 10.8. The summed E-state index contributed by atoms with van der Waals surface area (Å²) in [6.07, 6.45) is 1.33. The second-order valence-corrected chi connectivity index (χ2v) is 9.53. The van der Waals surface area contributed by atoms with Gasteiger partial charge in [-0.2, -0.15) is 0 Å². The van der Waals surface area contributed by atoms with Crippen LogP contribution < -0.4 is 10.2 Å². The van der Waals surface area contributed by atoms with Crippen molar-refractivity contribution in [3.63, 3.8) is 0 Å². The van der Waals surface area contributed by atoms with Gasteiger partial charge in [0.25, 0.3) is 0 Å². The lowest BCUT2D eigenvalue weighted by atomic mass is 10.1. The number of anilines is 1. The molecule has 1 fully saturated rings. The second kappa shape index (κ2) is 8.98. The van der Waals surface area contributed by atoms with Crippen LogP contribution in [-0.2, 0) is 11.3 Å². The number of ether oxygens (including phenoxy) is 1. The minimum absolute atomic E-state index is 0.0658. The second-order valence-electron chi connectivity index (χ2n) is 9.12. The number of carbonyl (C=O) groups is 1. The summed E-state index contributed by atoms with van der Waals surface area (Å²) in [7, 11) is 0. The van der Waals surface area contributed by atoms with Crippen LogP contribution in [0.25, 0.3) is 11.0 Å². The standard InChI is InChI=1S/C24H28ClFN4O2/c1-24(2,3)32-23(31)27-16-8-7-13-29(14-16)22-28-20-11-4-5-12-21(20)30(22)15-17-18(25)9-6-10-19(17)26/h4-6,9-12,16H,7-8,13-15H2,1-3H3,(H,27,31). The van der Waals surface area contributed by atoms with Gasteiger partial charge in [0.05, 0.1) is 17.6 Å². The molecule has 0 aliphatic carbocycles. The van der Waals surface area contributed by atoms with Crippen LogP contribution >= 0.6 is 11.6 Å². The predicted octanol–water partition coefficient (Wildman–Crippen LogP) is 5.37. The fourth-order valence-corrected chi connectivity index (χ4v) is 4.28. The Morgan fingerprint density at radius 1 is 1.25 bits per heavy atom. The highest BCUT2D eigenvalue weighted by Gasteiger charge is 2.27. The fraction of sp³-hybridized carbons (Fsp3) is 0.417. The number of hydrogen-bond acceptors (Lipinski definition) is 4. The molecule has 32 heavy (non-hydrogen) atoms. The Balaban J connectivity index is 1.62. The lowest BCUT2D eigenvalue weighted by Gasteiger charge is -2.34. The van der Waals surface area contributed by atoms with Crippen LogP contribution in [0.15, 0.2) is 42.5 Å². The number of amides is 1. The van der Waals surface area contributed by atoms with Gasteiger partial charge >= 0.3 is 6.09 Å². The normalized spacial score (nSPS) is 16.9. The van der Waals surface area contributed by atoms with Crippen molar-refractivity contribution < 1.29 is 13.9 Å². The van der Waals surface area contributed by atoms with Gasteiger partial charge in [0.1, 0.15) is 11.4 Å². The molecule has 1 saturated heterocycles. The Morgan fingerprint density at radius 3 is 2.78 bits per heavy atom. The zero-order valence-corrected chi connectivity index (χ0v) is 19.3. The molecule has 4 rings (SSSR count). The Bertz CT molecular complexity index is 1100. The summed E-state index contributed by atoms with van der Waals surface area (Å²) >= 11 is 6.32. The number of nitrogens with zero attached hydrogens (tertiary/aromatic N) is 3. The molecule has 0 spiro atoms. The largest absolute Gasteiger partial charge is 0.444 e. The first-order valence-corrected chi connectivity index (χ1v) is 11.2. The highest BCUT2D eigenvalue weighted by molar-refractivity contribution is 6.31. The van der Waals surface area contributed by atoms with E-state index in [0.29, 0.717) is 17.1 Å². The first-order chi connectivity index (χ1) is 15.2. The smallest absolute Gasteiger partial charge is 0.407 e. The molecule has 1 aromatic heterocycles. The maximum absolute atomic E-state index is 14.6. The van der Waals surface area contributed by atoms with Crippen molar-refractivity contribution in [1.82, 2.24) is 14.9 Å². The number of alkyl carbamates (subject to hydrolysis) is 1. The molecule has 8 heteroatoms. The minimum atomic E-state index is -0.550. The van der Waals surface area contributed by atoms with E-state index in [1.54, 1.807) is 12.1 Å². The van der Waals surface area contributed by atoms with Gasteiger partial charge < -0.3 is 19.5 Å². The Hall–Kier alpha value is -2.80. The Kier molecular flexibility index (Phi) is 6.29. The van der Waals surface area contributed by atoms with Gasteiger partial charge in [-0.1, -0.05) is 29.8 Å². The summed E-state index contributed by atoms with van der Waals surface area (Å²) in [6.45, 7) is 7.18. The van der Waals surface area contributed by atoms with E-state index in [-0.39, 0.29) is 18.4 Å². The van der Waals surface area contributed by atoms with E-state index in [1.807, 2.05) is 49.6 Å². The van der Waals surface area contributed by atoms with Gasteiger partial charge in [-0.05, 0) is 57.9 Å². The van der Waals surface area contributed by atoms with Crippen molar-refractivity contribution >= 4 is 34.7 Å². The van der Waals surface area contributed by atoms with Gasteiger partial charge in [-0.15, -0.1) is 0 Å². The van der Waals surface area contributed by atoms with E-state index in [9.17, 15) is 9.18 Å². The van der Waals surface area contributed by atoms with E-state index < -0.39 is 11.7 Å². The number of imidazole rings is 1. The monoisotopic (exact) mass is 458 g/mol. The number of aromatic nitrogens is 2. The molecule has 1 atom stereocenters. The molecule has 0 bridgehead atoms. The molecule has 2 heterocycles. The molecule has 1 unspecified atom stereocenters. The van der Waals surface area contributed by atoms with Crippen molar-refractivity contribution in [3.8, 4) is 0 Å². The number of benzene rings is 2. The highest BCUT2D eigenvalue weighted by Crippen LogP contribution is 2.29. The molecule has 1 aliphatic heterocycles. The molecule has 170 valence electrons. The Labute approximate surface area is 192 Å². The van der Waals surface area contributed by atoms with Crippen LogP contribution in [-0.4, -0.2) is 40.4 Å². The van der Waals surface area contributed by atoms with Crippen molar-refractivity contribution in [3.05, 3.63) is 58.9 Å². The number of hydrogen-bond donors (Lipinski definition) is 1. The van der Waals surface area contributed by atoms with Crippen molar-refractivity contribution in [2.24, 2.45) is 0 Å². The van der Waals surface area contributed by atoms with Crippen molar-refractivity contribution in [2.75, 3.05) is 18.0 Å². The molecular formula is C24H28ClFN4O2. The number of carbonyl (C=O) groups excluding carboxylic acids is 1. The van der Waals surface area contributed by atoms with Gasteiger partial charge in [-0.25, -0.2) is 14.2 Å². The first kappa shape index (κ1) is 22.4. The van der Waals surface area contributed by atoms with Crippen LogP contribution in [0.3, 0.4) is 0 Å². The van der Waals surface area contributed by atoms with Crippen molar-refractivity contribution in [1.29, 1.82) is 0 Å². The van der Waals surface area contributed by atoms with Crippen LogP contribution in [0, 0.1) is 5.82 Å². The lowest BCUT2D eigenvalue weighted by molar-refractivity contribution is 0.0500. The van der Waals surface area contributed by atoms with E-state index in [2.05, 4.69) is 10.2 Å². The molecule has 0 radical (unpaired) electrons. The molecule has 0 saturated carbocycles. The lowest BCUT2D eigenvalue weighted by Crippen LogP contribution is -2.49. The number of para-hydroxylation sites is 2. The highest BCUT2D eigenvalue weighted by atomic mass is 35.5. The third-order valence-corrected chi connectivity index (χ3v) is 5.79. The summed E-state index contributed by atoms with van der Waals surface area (Å²) in [6, 6.07) is 12.4. The van der Waals surface area contributed by atoms with Gasteiger partial charge in [0.15, 0.2) is 0 Å². The minimum Gasteiger partial charge on any atom is -0.444 e. The fourth-order valence-electron chi connectivity index (χ4n) is 4.05. The summed E-state index contributed by atoms with van der Waals surface area (Å²) in [5, 5.41) is 3.36. The van der Waals surface area contributed by atoms with Gasteiger partial charge in [0.2, 0.25) is 5.95 Å². The van der Waals surface area contributed by atoms with Crippen molar-refractivity contribution in [2.45, 2.75) is 51.8 Å². The zero-order valence-electron chi connectivity index (χ0n) is 18.6. The van der Waals surface area contributed by atoms with Crippen LogP contribution in [0.4, 0.5) is 15.1 Å². The summed E-state index contributed by atoms with van der Waals surface area (Å²) < 4.78 is 22.0. The zero-order chi connectivity index (χ0) is 22.9. The van der Waals surface area contributed by atoms with Crippen LogP contribution in [0.2, 0.25) is 5.02 Å². The summed E-state index contributed by atoms with van der Waals surface area (Å²) in [5.74, 6) is 0.394. The molecule has 2 aromatic carbocycles. The van der Waals surface area contributed by atoms with Gasteiger partial charge in [-0.3, -0.25) is 0 Å². The molecule has 1 aliphatic rings. The molecular weight excluding hydrogens is 431 g/mol. The molecule has 3 aromatic rings. The average molecular weight is 459 g/mol. The summed E-state index contributed by atoms with van der Waals surface area (Å²) in [5.41, 5.74) is 1.62. The van der Waals surface area contributed by atoms with E-state index in [0.717, 1.165) is 36.4 Å². The number of piperidine rings is 1. The third-order valence-electron chi connectivity index (χ3n) is 5.44. The van der Waals surface area contributed by atoms with Crippen LogP contribution in [0.5, 0.6) is 0 Å². The number of rotatable bonds is 4. The predicted molar refractivity (Wildman–Crippen MR) is 125 cm³/mol. The number of fused-ring (bicyclic) bond motifs is 1.